The van der Waals surface area contributed by atoms with Gasteiger partial charge in [0.05, 0.1) is 19.3 Å². The molecular formula is C17H30IN3O3. The van der Waals surface area contributed by atoms with E-state index in [1.54, 1.807) is 14.2 Å². The van der Waals surface area contributed by atoms with Crippen molar-refractivity contribution >= 4 is 35.6 Å². The molecule has 0 bridgehead atoms. The Bertz CT molecular complexity index is 453. The molecule has 0 spiro atoms. The van der Waals surface area contributed by atoms with Crippen molar-refractivity contribution in [3.05, 3.63) is 24.3 Å². The molecule has 0 aliphatic carbocycles. The average molecular weight is 451 g/mol. The molecule has 0 aromatic heterocycles. The van der Waals surface area contributed by atoms with Crippen LogP contribution in [0, 0.1) is 0 Å². The van der Waals surface area contributed by atoms with Gasteiger partial charge in [-0.25, -0.2) is 0 Å². The molecule has 0 unspecified atom stereocenters. The van der Waals surface area contributed by atoms with Crippen LogP contribution in [0.15, 0.2) is 29.3 Å². The van der Waals surface area contributed by atoms with Crippen LogP contribution in [0.3, 0.4) is 0 Å². The lowest BCUT2D eigenvalue weighted by atomic mass is 10.3. The Morgan fingerprint density at radius 1 is 1.12 bits per heavy atom. The highest BCUT2D eigenvalue weighted by Crippen LogP contribution is 2.16. The first kappa shape index (κ1) is 22.9. The second-order valence-corrected chi connectivity index (χ2v) is 5.27. The van der Waals surface area contributed by atoms with E-state index in [0.29, 0.717) is 19.8 Å². The molecule has 0 atom stereocenters. The summed E-state index contributed by atoms with van der Waals surface area (Å²) < 4.78 is 16.0. The maximum Gasteiger partial charge on any atom is 0.195 e. The summed E-state index contributed by atoms with van der Waals surface area (Å²) in [5.41, 5.74) is 0.963. The molecule has 0 saturated carbocycles. The highest BCUT2D eigenvalue weighted by atomic mass is 127. The fraction of sp³-hybridized carbons (Fsp3) is 0.588. The summed E-state index contributed by atoms with van der Waals surface area (Å²) in [7, 11) is 3.42. The minimum absolute atomic E-state index is 0. The third-order valence-corrected chi connectivity index (χ3v) is 2.90. The number of methoxy groups -OCH3 is 1. The van der Waals surface area contributed by atoms with Crippen LogP contribution in [0.5, 0.6) is 5.75 Å². The summed E-state index contributed by atoms with van der Waals surface area (Å²) in [6, 6.07) is 7.83. The molecule has 7 heteroatoms. The van der Waals surface area contributed by atoms with Gasteiger partial charge in [-0.05, 0) is 44.5 Å². The molecule has 24 heavy (non-hydrogen) atoms. The summed E-state index contributed by atoms with van der Waals surface area (Å²) in [6.07, 6.45) is 1.08. The van der Waals surface area contributed by atoms with E-state index in [4.69, 9.17) is 14.2 Å². The minimum atomic E-state index is 0. The van der Waals surface area contributed by atoms with Gasteiger partial charge in [-0.15, -0.1) is 24.0 Å². The first-order valence-electron chi connectivity index (χ1n) is 7.96. The number of nitrogens with zero attached hydrogens (tertiary/aromatic N) is 1. The lowest BCUT2D eigenvalue weighted by Crippen LogP contribution is -2.32. The van der Waals surface area contributed by atoms with Gasteiger partial charge in [-0.3, -0.25) is 4.99 Å². The predicted octanol–water partition coefficient (Wildman–Crippen LogP) is 3.13. The van der Waals surface area contributed by atoms with Crippen LogP contribution in [0.2, 0.25) is 0 Å². The second-order valence-electron chi connectivity index (χ2n) is 5.27. The van der Waals surface area contributed by atoms with Crippen molar-refractivity contribution < 1.29 is 14.2 Å². The predicted molar refractivity (Wildman–Crippen MR) is 110 cm³/mol. The van der Waals surface area contributed by atoms with E-state index in [0.717, 1.165) is 30.4 Å². The van der Waals surface area contributed by atoms with E-state index in [-0.39, 0.29) is 30.1 Å². The van der Waals surface area contributed by atoms with Gasteiger partial charge < -0.3 is 24.8 Å². The van der Waals surface area contributed by atoms with Gasteiger partial charge in [0.2, 0.25) is 0 Å². The maximum atomic E-state index is 5.62. The number of ether oxygens (including phenoxy) is 3. The van der Waals surface area contributed by atoms with E-state index in [1.807, 2.05) is 38.1 Å². The quantitative estimate of drug-likeness (QED) is 0.248. The van der Waals surface area contributed by atoms with Crippen molar-refractivity contribution in [2.24, 2.45) is 4.99 Å². The maximum absolute atomic E-state index is 5.62. The molecule has 0 saturated heterocycles. The van der Waals surface area contributed by atoms with Crippen molar-refractivity contribution in [3.63, 3.8) is 0 Å². The molecule has 1 aromatic carbocycles. The first-order chi connectivity index (χ1) is 11.2. The fourth-order valence-electron chi connectivity index (χ4n) is 1.83. The molecule has 6 nitrogen and oxygen atoms in total. The average Bonchev–Trinajstić information content (AvgIpc) is 2.54. The van der Waals surface area contributed by atoms with Crippen molar-refractivity contribution in [3.8, 4) is 5.75 Å². The van der Waals surface area contributed by atoms with E-state index >= 15 is 0 Å². The zero-order chi connectivity index (χ0) is 16.9. The van der Waals surface area contributed by atoms with E-state index < -0.39 is 0 Å². The van der Waals surface area contributed by atoms with Crippen LogP contribution in [0.1, 0.15) is 20.3 Å². The summed E-state index contributed by atoms with van der Waals surface area (Å²) in [5.74, 6) is 1.60. The Morgan fingerprint density at radius 3 is 2.42 bits per heavy atom. The number of rotatable bonds is 10. The van der Waals surface area contributed by atoms with Gasteiger partial charge in [0, 0.05) is 33.0 Å². The van der Waals surface area contributed by atoms with Crippen LogP contribution in [-0.4, -0.2) is 52.6 Å². The number of hydrogen-bond donors (Lipinski definition) is 2. The van der Waals surface area contributed by atoms with Crippen molar-refractivity contribution in [1.29, 1.82) is 0 Å². The number of aliphatic imine (C=N–C) groups is 1. The summed E-state index contributed by atoms with van der Waals surface area (Å²) in [6.45, 7) is 6.78. The minimum Gasteiger partial charge on any atom is -0.491 e. The Labute approximate surface area is 162 Å². The van der Waals surface area contributed by atoms with Crippen molar-refractivity contribution in [1.82, 2.24) is 5.32 Å². The lowest BCUT2D eigenvalue weighted by molar-refractivity contribution is 0.0699. The van der Waals surface area contributed by atoms with Gasteiger partial charge in [0.25, 0.3) is 0 Å². The smallest absolute Gasteiger partial charge is 0.195 e. The fourth-order valence-corrected chi connectivity index (χ4v) is 1.83. The van der Waals surface area contributed by atoms with Gasteiger partial charge >= 0.3 is 0 Å². The van der Waals surface area contributed by atoms with Crippen LogP contribution in [0.25, 0.3) is 0 Å². The summed E-state index contributed by atoms with van der Waals surface area (Å²) >= 11 is 0. The van der Waals surface area contributed by atoms with Gasteiger partial charge in [-0.2, -0.15) is 0 Å². The Hall–Kier alpha value is -1.06. The molecule has 0 heterocycles. The number of halogens is 1. The van der Waals surface area contributed by atoms with Gasteiger partial charge in [0.15, 0.2) is 5.96 Å². The number of nitrogens with one attached hydrogen (secondary N) is 2. The second kappa shape index (κ2) is 14.3. The monoisotopic (exact) mass is 451 g/mol. The van der Waals surface area contributed by atoms with Crippen LogP contribution >= 0.6 is 24.0 Å². The molecule has 0 aliphatic rings. The number of anilines is 1. The molecule has 0 amide bonds. The van der Waals surface area contributed by atoms with E-state index in [2.05, 4.69) is 15.6 Å². The summed E-state index contributed by atoms with van der Waals surface area (Å²) in [4.78, 5) is 4.20. The SMILES string of the molecule is CN=C(NCCCOCCOC)Nc1ccc(OC(C)C)cc1.I. The topological polar surface area (TPSA) is 64.1 Å². The van der Waals surface area contributed by atoms with E-state index in [1.165, 1.54) is 0 Å². The van der Waals surface area contributed by atoms with Crippen molar-refractivity contribution in [2.45, 2.75) is 26.4 Å². The highest BCUT2D eigenvalue weighted by molar-refractivity contribution is 14.0. The number of hydrogen-bond acceptors (Lipinski definition) is 4. The normalized spacial score (nSPS) is 11.1. The number of guanidine groups is 1. The third-order valence-electron chi connectivity index (χ3n) is 2.90. The highest BCUT2D eigenvalue weighted by Gasteiger charge is 2.01. The van der Waals surface area contributed by atoms with Crippen LogP contribution < -0.4 is 15.4 Å². The molecule has 1 rings (SSSR count). The van der Waals surface area contributed by atoms with E-state index in [9.17, 15) is 0 Å². The molecule has 138 valence electrons. The Balaban J connectivity index is 0.00000529. The molecule has 0 aliphatic heterocycles. The largest absolute Gasteiger partial charge is 0.491 e. The standard InChI is InChI=1S/C17H29N3O3.HI/c1-14(2)23-16-8-6-15(7-9-16)20-17(18-3)19-10-5-11-22-13-12-21-4;/h6-9,14H,5,10-13H2,1-4H3,(H2,18,19,20);1H. The molecule has 0 fully saturated rings. The molecule has 2 N–H and O–H groups in total. The molecule has 1 aromatic rings. The third kappa shape index (κ3) is 10.7. The molecule has 0 radical (unpaired) electrons. The first-order valence-corrected chi connectivity index (χ1v) is 7.96. The van der Waals surface area contributed by atoms with Gasteiger partial charge in [0.1, 0.15) is 5.75 Å². The molecular weight excluding hydrogens is 421 g/mol. The lowest BCUT2D eigenvalue weighted by Gasteiger charge is -2.13. The summed E-state index contributed by atoms with van der Waals surface area (Å²) in [5, 5.41) is 6.49. The number of benzene rings is 1. The van der Waals surface area contributed by atoms with Gasteiger partial charge in [-0.1, -0.05) is 0 Å². The Morgan fingerprint density at radius 2 is 1.83 bits per heavy atom. The van der Waals surface area contributed by atoms with Crippen LogP contribution in [-0.2, 0) is 9.47 Å². The van der Waals surface area contributed by atoms with Crippen molar-refractivity contribution in [2.75, 3.05) is 45.8 Å². The van der Waals surface area contributed by atoms with Crippen LogP contribution in [0.4, 0.5) is 5.69 Å². The zero-order valence-corrected chi connectivity index (χ0v) is 17.3. The Kier molecular flexibility index (Phi) is 13.7. The zero-order valence-electron chi connectivity index (χ0n) is 15.0.